The van der Waals surface area contributed by atoms with Gasteiger partial charge < -0.3 is 15.3 Å². The van der Waals surface area contributed by atoms with E-state index in [4.69, 9.17) is 0 Å². The summed E-state index contributed by atoms with van der Waals surface area (Å²) in [6.07, 6.45) is -0.465. The van der Waals surface area contributed by atoms with E-state index in [-0.39, 0.29) is 11.9 Å². The molecule has 2 N–H and O–H groups in total. The largest absolute Gasteiger partial charge is 0.390 e. The summed E-state index contributed by atoms with van der Waals surface area (Å²) in [6, 6.07) is -0.119. The normalized spacial score (nSPS) is 24.7. The fraction of sp³-hybridized carbons (Fsp3) is 0.545. The maximum Gasteiger partial charge on any atom is 0.255 e. The fourth-order valence-corrected chi connectivity index (χ4v) is 2.79. The van der Waals surface area contributed by atoms with Crippen LogP contribution in [0.2, 0.25) is 0 Å². The van der Waals surface area contributed by atoms with Gasteiger partial charge in [0, 0.05) is 25.5 Å². The van der Waals surface area contributed by atoms with Gasteiger partial charge in [-0.05, 0) is 17.9 Å². The maximum absolute atomic E-state index is 12.2. The molecule has 1 aromatic heterocycles. The summed E-state index contributed by atoms with van der Waals surface area (Å²) in [6.45, 7) is 3.15. The lowest BCUT2D eigenvalue weighted by atomic mass is 10.1. The van der Waals surface area contributed by atoms with Crippen molar-refractivity contribution in [3.63, 3.8) is 0 Å². The van der Waals surface area contributed by atoms with Gasteiger partial charge in [0.15, 0.2) is 0 Å². The van der Waals surface area contributed by atoms with Gasteiger partial charge in [0.25, 0.3) is 5.91 Å². The van der Waals surface area contributed by atoms with Crippen molar-refractivity contribution in [3.05, 3.63) is 21.9 Å². The van der Waals surface area contributed by atoms with E-state index >= 15 is 0 Å². The Morgan fingerprint density at radius 3 is 2.81 bits per heavy atom. The molecule has 1 amide bonds. The summed E-state index contributed by atoms with van der Waals surface area (Å²) in [7, 11) is 1.75. The van der Waals surface area contributed by atoms with Gasteiger partial charge in [0.2, 0.25) is 0 Å². The first-order chi connectivity index (χ1) is 7.61. The van der Waals surface area contributed by atoms with Crippen LogP contribution in [0.3, 0.4) is 0 Å². The van der Waals surface area contributed by atoms with Crippen LogP contribution in [0.15, 0.2) is 10.8 Å². The third kappa shape index (κ3) is 1.98. The summed E-state index contributed by atoms with van der Waals surface area (Å²) >= 11 is 1.53. The number of thiophene rings is 1. The minimum Gasteiger partial charge on any atom is -0.390 e. The highest BCUT2D eigenvalue weighted by molar-refractivity contribution is 7.08. The number of hydrogen-bond donors (Lipinski definition) is 2. The fourth-order valence-electron chi connectivity index (χ4n) is 1.97. The Kier molecular flexibility index (Phi) is 3.28. The SMILES string of the molecule is Cc1cscc1C(=O)N(C)[C@H]1CNC[C@@H]1O. The zero-order valence-electron chi connectivity index (χ0n) is 9.43. The van der Waals surface area contributed by atoms with E-state index in [1.807, 2.05) is 17.7 Å². The van der Waals surface area contributed by atoms with Crippen molar-refractivity contribution in [1.29, 1.82) is 0 Å². The molecule has 2 atom stereocenters. The van der Waals surface area contributed by atoms with Gasteiger partial charge in [-0.25, -0.2) is 0 Å². The molecule has 0 aliphatic carbocycles. The molecule has 0 bridgehead atoms. The van der Waals surface area contributed by atoms with Gasteiger partial charge in [0.1, 0.15) is 0 Å². The Balaban J connectivity index is 2.13. The molecule has 4 nitrogen and oxygen atoms in total. The molecule has 0 saturated carbocycles. The Hall–Kier alpha value is -0.910. The second-order valence-corrected chi connectivity index (χ2v) is 4.92. The Bertz CT molecular complexity index is 391. The van der Waals surface area contributed by atoms with Crippen molar-refractivity contribution < 1.29 is 9.90 Å². The summed E-state index contributed by atoms with van der Waals surface area (Å²) < 4.78 is 0. The quantitative estimate of drug-likeness (QED) is 0.789. The predicted octanol–water partition coefficient (Wildman–Crippen LogP) is 0.461. The van der Waals surface area contributed by atoms with Crippen molar-refractivity contribution in [2.24, 2.45) is 0 Å². The standard InChI is InChI=1S/C11H16N2O2S/c1-7-5-16-6-8(7)11(15)13(2)9-3-12-4-10(9)14/h5-6,9-10,12,14H,3-4H2,1-2H3/t9-,10-/m0/s1. The molecule has 1 fully saturated rings. The molecular weight excluding hydrogens is 224 g/mol. The lowest BCUT2D eigenvalue weighted by molar-refractivity contribution is 0.0581. The molecule has 0 aromatic carbocycles. The summed E-state index contributed by atoms with van der Waals surface area (Å²) in [4.78, 5) is 13.8. The second kappa shape index (κ2) is 4.53. The monoisotopic (exact) mass is 240 g/mol. The van der Waals surface area contributed by atoms with Crippen molar-refractivity contribution in [2.75, 3.05) is 20.1 Å². The molecule has 0 spiro atoms. The van der Waals surface area contributed by atoms with Gasteiger partial charge in [-0.1, -0.05) is 0 Å². The number of nitrogens with one attached hydrogen (secondary N) is 1. The summed E-state index contributed by atoms with van der Waals surface area (Å²) in [5.74, 6) is -0.00787. The van der Waals surface area contributed by atoms with Crippen LogP contribution in [0.1, 0.15) is 15.9 Å². The Morgan fingerprint density at radius 2 is 2.31 bits per heavy atom. The first-order valence-corrected chi connectivity index (χ1v) is 6.24. The molecule has 0 unspecified atom stereocenters. The molecule has 2 rings (SSSR count). The molecule has 1 saturated heterocycles. The number of nitrogens with zero attached hydrogens (tertiary/aromatic N) is 1. The average Bonchev–Trinajstić information content (AvgIpc) is 2.85. The Labute approximate surface area is 98.9 Å². The van der Waals surface area contributed by atoms with Crippen LogP contribution in [0.25, 0.3) is 0 Å². The highest BCUT2D eigenvalue weighted by Crippen LogP contribution is 2.18. The van der Waals surface area contributed by atoms with E-state index in [1.165, 1.54) is 11.3 Å². The number of carbonyl (C=O) groups is 1. The number of rotatable bonds is 2. The highest BCUT2D eigenvalue weighted by atomic mass is 32.1. The number of aliphatic hydroxyl groups is 1. The number of likely N-dealkylation sites (N-methyl/N-ethyl adjacent to an activating group) is 1. The highest BCUT2D eigenvalue weighted by Gasteiger charge is 2.31. The van der Waals surface area contributed by atoms with Gasteiger partial charge in [0.05, 0.1) is 17.7 Å². The molecule has 16 heavy (non-hydrogen) atoms. The number of carbonyl (C=O) groups excluding carboxylic acids is 1. The lowest BCUT2D eigenvalue weighted by Crippen LogP contribution is -2.44. The van der Waals surface area contributed by atoms with Crippen LogP contribution in [-0.2, 0) is 0 Å². The minimum atomic E-state index is -0.465. The molecule has 5 heteroatoms. The average molecular weight is 240 g/mol. The molecule has 2 heterocycles. The van der Waals surface area contributed by atoms with Gasteiger partial charge in [-0.15, -0.1) is 0 Å². The zero-order chi connectivity index (χ0) is 11.7. The Morgan fingerprint density at radius 1 is 1.56 bits per heavy atom. The zero-order valence-corrected chi connectivity index (χ0v) is 10.3. The second-order valence-electron chi connectivity index (χ2n) is 4.18. The number of amides is 1. The van der Waals surface area contributed by atoms with Crippen LogP contribution in [0.4, 0.5) is 0 Å². The first kappa shape index (κ1) is 11.6. The smallest absolute Gasteiger partial charge is 0.255 e. The van der Waals surface area contributed by atoms with Crippen LogP contribution < -0.4 is 5.32 Å². The van der Waals surface area contributed by atoms with Crippen LogP contribution >= 0.6 is 11.3 Å². The molecule has 0 radical (unpaired) electrons. The van der Waals surface area contributed by atoms with E-state index in [2.05, 4.69) is 5.32 Å². The van der Waals surface area contributed by atoms with Crippen LogP contribution in [0.5, 0.6) is 0 Å². The summed E-state index contributed by atoms with van der Waals surface area (Å²) in [5.41, 5.74) is 1.74. The molecule has 1 aliphatic rings. The molecule has 1 aromatic rings. The van der Waals surface area contributed by atoms with Crippen molar-refractivity contribution >= 4 is 17.2 Å². The maximum atomic E-state index is 12.2. The van der Waals surface area contributed by atoms with Crippen molar-refractivity contribution in [3.8, 4) is 0 Å². The third-order valence-corrected chi connectivity index (χ3v) is 3.92. The van der Waals surface area contributed by atoms with E-state index in [0.717, 1.165) is 11.1 Å². The predicted molar refractivity (Wildman–Crippen MR) is 63.8 cm³/mol. The van der Waals surface area contributed by atoms with E-state index in [1.54, 1.807) is 11.9 Å². The molecule has 1 aliphatic heterocycles. The summed E-state index contributed by atoms with van der Waals surface area (Å²) in [5, 5.41) is 16.6. The van der Waals surface area contributed by atoms with Gasteiger partial charge in [-0.3, -0.25) is 4.79 Å². The number of aryl methyl sites for hydroxylation is 1. The van der Waals surface area contributed by atoms with E-state index < -0.39 is 6.10 Å². The first-order valence-electron chi connectivity index (χ1n) is 5.30. The number of hydrogen-bond acceptors (Lipinski definition) is 4. The van der Waals surface area contributed by atoms with E-state index in [0.29, 0.717) is 13.1 Å². The minimum absolute atomic E-state index is 0.00787. The number of aliphatic hydroxyl groups excluding tert-OH is 1. The van der Waals surface area contributed by atoms with Crippen LogP contribution in [0, 0.1) is 6.92 Å². The van der Waals surface area contributed by atoms with Crippen LogP contribution in [-0.4, -0.2) is 48.2 Å². The van der Waals surface area contributed by atoms with Gasteiger partial charge in [-0.2, -0.15) is 11.3 Å². The third-order valence-electron chi connectivity index (χ3n) is 3.05. The van der Waals surface area contributed by atoms with Crippen molar-refractivity contribution in [1.82, 2.24) is 10.2 Å². The molecular formula is C11H16N2O2S. The van der Waals surface area contributed by atoms with Crippen molar-refractivity contribution in [2.45, 2.75) is 19.1 Å². The van der Waals surface area contributed by atoms with E-state index in [9.17, 15) is 9.90 Å². The number of β-amino-alcohol motifs (C(OH)–C–C–N with tert-alkyl or cyclic N) is 1. The lowest BCUT2D eigenvalue weighted by Gasteiger charge is -2.26. The topological polar surface area (TPSA) is 52.6 Å². The van der Waals surface area contributed by atoms with Gasteiger partial charge >= 0.3 is 0 Å². The molecule has 88 valence electrons.